The second-order valence-electron chi connectivity index (χ2n) is 4.39. The van der Waals surface area contributed by atoms with Gasteiger partial charge in [0.1, 0.15) is 12.2 Å². The third-order valence-electron chi connectivity index (χ3n) is 2.62. The highest BCUT2D eigenvalue weighted by molar-refractivity contribution is 5.88. The summed E-state index contributed by atoms with van der Waals surface area (Å²) in [6, 6.07) is 0. The number of halogens is 2. The van der Waals surface area contributed by atoms with Crippen LogP contribution in [0.5, 0.6) is 0 Å². The van der Waals surface area contributed by atoms with E-state index in [4.69, 9.17) is 4.74 Å². The average molecular weight is 206 g/mol. The summed E-state index contributed by atoms with van der Waals surface area (Å²) < 4.78 is 30.6. The van der Waals surface area contributed by atoms with Crippen molar-refractivity contribution in [1.82, 2.24) is 0 Å². The molecule has 4 heteroatoms. The molecule has 1 aliphatic heterocycles. The van der Waals surface area contributed by atoms with Crippen LogP contribution in [0.4, 0.5) is 8.78 Å². The fourth-order valence-electron chi connectivity index (χ4n) is 1.64. The summed E-state index contributed by atoms with van der Waals surface area (Å²) in [4.78, 5) is 11.7. The highest BCUT2D eigenvalue weighted by atomic mass is 19.3. The number of carbonyl (C=O) groups excluding carboxylic acids is 1. The second kappa shape index (κ2) is 3.57. The first-order chi connectivity index (χ1) is 6.27. The lowest BCUT2D eigenvalue weighted by Crippen LogP contribution is -2.49. The maximum atomic E-state index is 12.8. The molecule has 0 spiro atoms. The summed E-state index contributed by atoms with van der Waals surface area (Å²) in [5, 5.41) is 0. The maximum Gasteiger partial charge on any atom is 0.271 e. The Morgan fingerprint density at radius 2 is 1.93 bits per heavy atom. The van der Waals surface area contributed by atoms with Crippen LogP contribution in [-0.2, 0) is 9.53 Å². The predicted molar refractivity (Wildman–Crippen MR) is 48.4 cm³/mol. The zero-order valence-electron chi connectivity index (χ0n) is 8.77. The van der Waals surface area contributed by atoms with Gasteiger partial charge in [-0.05, 0) is 13.3 Å². The average Bonchev–Trinajstić information content (AvgIpc) is 2.09. The lowest BCUT2D eigenvalue weighted by molar-refractivity contribution is -0.189. The highest BCUT2D eigenvalue weighted by Gasteiger charge is 2.46. The number of hydrogen-bond acceptors (Lipinski definition) is 2. The van der Waals surface area contributed by atoms with Crippen LogP contribution in [0.15, 0.2) is 0 Å². The smallest absolute Gasteiger partial charge is 0.271 e. The molecule has 1 rings (SSSR count). The molecule has 0 N–H and O–H groups in total. The highest BCUT2D eigenvalue weighted by Crippen LogP contribution is 2.35. The van der Waals surface area contributed by atoms with Crippen LogP contribution in [0.1, 0.15) is 33.6 Å². The molecule has 0 aromatic heterocycles. The normalized spacial score (nSPS) is 31.9. The molecule has 0 aromatic rings. The first kappa shape index (κ1) is 11.6. The Hall–Kier alpha value is -0.510. The Kier molecular flexibility index (Phi) is 2.95. The summed E-state index contributed by atoms with van der Waals surface area (Å²) in [5.74, 6) is -3.03. The van der Waals surface area contributed by atoms with Crippen molar-refractivity contribution >= 4 is 5.78 Å². The first-order valence-electron chi connectivity index (χ1n) is 4.83. The SMILES string of the molecule is CC(C)C(=O)C1(C)CCC(F)(F)CO1. The summed E-state index contributed by atoms with van der Waals surface area (Å²) in [6.45, 7) is 4.47. The van der Waals surface area contributed by atoms with E-state index in [1.165, 1.54) is 0 Å². The van der Waals surface area contributed by atoms with Crippen LogP contribution >= 0.6 is 0 Å². The van der Waals surface area contributed by atoms with Crippen LogP contribution < -0.4 is 0 Å². The number of Topliss-reactive ketones (excluding diaryl/α,β-unsaturated/α-hetero) is 1. The molecule has 1 saturated heterocycles. The van der Waals surface area contributed by atoms with Crippen molar-refractivity contribution in [3.05, 3.63) is 0 Å². The number of ether oxygens (including phenoxy) is 1. The fraction of sp³-hybridized carbons (Fsp3) is 0.900. The third kappa shape index (κ3) is 2.29. The van der Waals surface area contributed by atoms with Crippen molar-refractivity contribution in [3.8, 4) is 0 Å². The topological polar surface area (TPSA) is 26.3 Å². The molecular formula is C10H16F2O2. The summed E-state index contributed by atoms with van der Waals surface area (Å²) in [6.07, 6.45) is -0.154. The van der Waals surface area contributed by atoms with Gasteiger partial charge < -0.3 is 4.74 Å². The minimum atomic E-state index is -2.77. The Bertz CT molecular complexity index is 226. The largest absolute Gasteiger partial charge is 0.361 e. The lowest BCUT2D eigenvalue weighted by Gasteiger charge is -2.37. The summed E-state index contributed by atoms with van der Waals surface area (Å²) in [7, 11) is 0. The van der Waals surface area contributed by atoms with E-state index in [2.05, 4.69) is 0 Å². The molecule has 14 heavy (non-hydrogen) atoms. The molecule has 0 saturated carbocycles. The molecule has 1 atom stereocenters. The Labute approximate surface area is 82.6 Å². The summed E-state index contributed by atoms with van der Waals surface area (Å²) in [5.41, 5.74) is -1.00. The summed E-state index contributed by atoms with van der Waals surface area (Å²) >= 11 is 0. The molecule has 1 aliphatic rings. The van der Waals surface area contributed by atoms with E-state index < -0.39 is 18.1 Å². The van der Waals surface area contributed by atoms with E-state index in [1.807, 2.05) is 0 Å². The van der Waals surface area contributed by atoms with Gasteiger partial charge in [-0.25, -0.2) is 8.78 Å². The molecule has 0 aromatic carbocycles. The van der Waals surface area contributed by atoms with E-state index in [0.29, 0.717) is 0 Å². The fourth-order valence-corrected chi connectivity index (χ4v) is 1.64. The van der Waals surface area contributed by atoms with Gasteiger partial charge in [0.05, 0.1) is 0 Å². The van der Waals surface area contributed by atoms with E-state index in [-0.39, 0.29) is 24.5 Å². The Morgan fingerprint density at radius 3 is 2.29 bits per heavy atom. The van der Waals surface area contributed by atoms with E-state index in [1.54, 1.807) is 20.8 Å². The van der Waals surface area contributed by atoms with Crippen molar-refractivity contribution < 1.29 is 18.3 Å². The minimum Gasteiger partial charge on any atom is -0.361 e. The van der Waals surface area contributed by atoms with Crippen molar-refractivity contribution in [2.24, 2.45) is 5.92 Å². The monoisotopic (exact) mass is 206 g/mol. The molecule has 0 radical (unpaired) electrons. The first-order valence-corrected chi connectivity index (χ1v) is 4.83. The van der Waals surface area contributed by atoms with Crippen LogP contribution in [0.3, 0.4) is 0 Å². The van der Waals surface area contributed by atoms with Gasteiger partial charge in [0, 0.05) is 12.3 Å². The zero-order chi connectivity index (χ0) is 11.0. The lowest BCUT2D eigenvalue weighted by atomic mass is 9.85. The Balaban J connectivity index is 2.66. The molecule has 0 amide bonds. The van der Waals surface area contributed by atoms with Crippen LogP contribution in [0, 0.1) is 5.92 Å². The predicted octanol–water partition coefficient (Wildman–Crippen LogP) is 2.42. The quantitative estimate of drug-likeness (QED) is 0.693. The molecule has 1 unspecified atom stereocenters. The minimum absolute atomic E-state index is 0.0898. The van der Waals surface area contributed by atoms with Crippen molar-refractivity contribution in [3.63, 3.8) is 0 Å². The van der Waals surface area contributed by atoms with Crippen molar-refractivity contribution in [1.29, 1.82) is 0 Å². The van der Waals surface area contributed by atoms with Gasteiger partial charge >= 0.3 is 0 Å². The van der Waals surface area contributed by atoms with Gasteiger partial charge in [-0.15, -0.1) is 0 Å². The van der Waals surface area contributed by atoms with Gasteiger partial charge in [-0.1, -0.05) is 13.8 Å². The number of carbonyl (C=O) groups is 1. The second-order valence-corrected chi connectivity index (χ2v) is 4.39. The Morgan fingerprint density at radius 1 is 1.36 bits per heavy atom. The molecule has 1 heterocycles. The van der Waals surface area contributed by atoms with E-state index in [9.17, 15) is 13.6 Å². The van der Waals surface area contributed by atoms with E-state index >= 15 is 0 Å². The molecule has 0 bridgehead atoms. The third-order valence-corrected chi connectivity index (χ3v) is 2.62. The number of hydrogen-bond donors (Lipinski definition) is 0. The van der Waals surface area contributed by atoms with Gasteiger partial charge in [0.25, 0.3) is 5.92 Å². The molecular weight excluding hydrogens is 190 g/mol. The van der Waals surface area contributed by atoms with Crippen LogP contribution in [0.2, 0.25) is 0 Å². The van der Waals surface area contributed by atoms with Gasteiger partial charge in [-0.3, -0.25) is 4.79 Å². The maximum absolute atomic E-state index is 12.8. The molecule has 0 aliphatic carbocycles. The molecule has 1 fully saturated rings. The standard InChI is InChI=1S/C10H16F2O2/c1-7(2)8(13)9(3)4-5-10(11,12)6-14-9/h7H,4-6H2,1-3H3. The number of ketones is 1. The van der Waals surface area contributed by atoms with Gasteiger partial charge in [0.2, 0.25) is 0 Å². The van der Waals surface area contributed by atoms with Crippen LogP contribution in [0.25, 0.3) is 0 Å². The van der Waals surface area contributed by atoms with Crippen molar-refractivity contribution in [2.75, 3.05) is 6.61 Å². The van der Waals surface area contributed by atoms with Gasteiger partial charge in [-0.2, -0.15) is 0 Å². The number of alkyl halides is 2. The van der Waals surface area contributed by atoms with Gasteiger partial charge in [0.15, 0.2) is 5.78 Å². The molecule has 82 valence electrons. The molecule has 2 nitrogen and oxygen atoms in total. The van der Waals surface area contributed by atoms with Crippen LogP contribution in [-0.4, -0.2) is 23.9 Å². The zero-order valence-corrected chi connectivity index (χ0v) is 8.77. The number of rotatable bonds is 2. The van der Waals surface area contributed by atoms with Crippen molar-refractivity contribution in [2.45, 2.75) is 45.1 Å². The van der Waals surface area contributed by atoms with E-state index in [0.717, 1.165) is 0 Å².